The molecule has 1 aromatic heterocycles. The van der Waals surface area contributed by atoms with E-state index in [1.165, 1.54) is 17.5 Å². The summed E-state index contributed by atoms with van der Waals surface area (Å²) in [4.78, 5) is 0. The summed E-state index contributed by atoms with van der Waals surface area (Å²) in [5.41, 5.74) is 0.991. The molecular weight excluding hydrogens is 297 g/mol. The maximum Gasteiger partial charge on any atom is 0.138 e. The molecule has 0 spiro atoms. The van der Waals surface area contributed by atoms with E-state index < -0.39 is 0 Å². The van der Waals surface area contributed by atoms with Gasteiger partial charge in [0.15, 0.2) is 0 Å². The summed E-state index contributed by atoms with van der Waals surface area (Å²) in [5, 5.41) is 6.40. The summed E-state index contributed by atoms with van der Waals surface area (Å²) in [6, 6.07) is 14.7. The van der Waals surface area contributed by atoms with Crippen molar-refractivity contribution in [3.8, 4) is 5.75 Å². The fraction of sp³-hybridized carbons (Fsp3) is 0.222. The molecule has 0 saturated heterocycles. The molecule has 22 heavy (non-hydrogen) atoms. The van der Waals surface area contributed by atoms with Gasteiger partial charge < -0.3 is 10.1 Å². The van der Waals surface area contributed by atoms with E-state index in [-0.39, 0.29) is 11.9 Å². The minimum absolute atomic E-state index is 0.0965. The number of ether oxygens (including phenoxy) is 1. The van der Waals surface area contributed by atoms with Gasteiger partial charge in [0, 0.05) is 6.42 Å². The highest BCUT2D eigenvalue weighted by molar-refractivity contribution is 7.17. The van der Waals surface area contributed by atoms with Crippen LogP contribution >= 0.6 is 11.3 Å². The molecule has 0 saturated carbocycles. The van der Waals surface area contributed by atoms with Gasteiger partial charge in [0.1, 0.15) is 17.7 Å². The Morgan fingerprint density at radius 3 is 2.73 bits per heavy atom. The second-order valence-corrected chi connectivity index (χ2v) is 6.06. The largest absolute Gasteiger partial charge is 0.484 e. The van der Waals surface area contributed by atoms with Gasteiger partial charge in [-0.3, -0.25) is 0 Å². The molecule has 0 aliphatic heterocycles. The lowest BCUT2D eigenvalue weighted by molar-refractivity contribution is 0.198. The number of fused-ring (bicyclic) bond motifs is 1. The zero-order chi connectivity index (χ0) is 15.4. The molecule has 0 radical (unpaired) electrons. The predicted octanol–water partition coefficient (Wildman–Crippen LogP) is 4.77. The summed E-state index contributed by atoms with van der Waals surface area (Å²) in [6.45, 7) is 0.836. The van der Waals surface area contributed by atoms with E-state index in [1.54, 1.807) is 23.5 Å². The van der Waals surface area contributed by atoms with Gasteiger partial charge in [-0.05, 0) is 54.2 Å². The van der Waals surface area contributed by atoms with Crippen molar-refractivity contribution in [2.24, 2.45) is 0 Å². The van der Waals surface area contributed by atoms with Gasteiger partial charge in [-0.1, -0.05) is 24.3 Å². The van der Waals surface area contributed by atoms with E-state index in [2.05, 4.69) is 22.8 Å². The Balaban J connectivity index is 1.89. The molecule has 1 atom stereocenters. The highest BCUT2D eigenvalue weighted by Gasteiger charge is 2.15. The predicted molar refractivity (Wildman–Crippen MR) is 90.1 cm³/mol. The number of rotatable bonds is 6. The zero-order valence-corrected chi connectivity index (χ0v) is 13.2. The first-order chi connectivity index (χ1) is 10.8. The van der Waals surface area contributed by atoms with Gasteiger partial charge in [0.2, 0.25) is 0 Å². The Labute approximate surface area is 133 Å². The third-order valence-corrected chi connectivity index (χ3v) is 4.56. The molecule has 2 nitrogen and oxygen atoms in total. The minimum atomic E-state index is -0.225. The Morgan fingerprint density at radius 1 is 1.14 bits per heavy atom. The van der Waals surface area contributed by atoms with Gasteiger partial charge in [-0.25, -0.2) is 4.39 Å². The molecule has 0 bridgehead atoms. The van der Waals surface area contributed by atoms with E-state index in [0.717, 1.165) is 29.0 Å². The van der Waals surface area contributed by atoms with Crippen LogP contribution in [0.3, 0.4) is 0 Å². The topological polar surface area (TPSA) is 21.3 Å². The number of hydrogen-bond acceptors (Lipinski definition) is 3. The van der Waals surface area contributed by atoms with Crippen LogP contribution in [0.25, 0.3) is 10.1 Å². The van der Waals surface area contributed by atoms with Crippen LogP contribution in [0, 0.1) is 5.82 Å². The fourth-order valence-electron chi connectivity index (χ4n) is 2.46. The Hall–Kier alpha value is -1.91. The maximum atomic E-state index is 13.1. The smallest absolute Gasteiger partial charge is 0.138 e. The van der Waals surface area contributed by atoms with Gasteiger partial charge in [0.25, 0.3) is 0 Å². The molecular formula is C18H18FNOS. The quantitative estimate of drug-likeness (QED) is 0.707. The van der Waals surface area contributed by atoms with Crippen LogP contribution in [-0.4, -0.2) is 13.6 Å². The van der Waals surface area contributed by atoms with E-state index in [0.29, 0.717) is 0 Å². The zero-order valence-electron chi connectivity index (χ0n) is 12.4. The number of thiophene rings is 1. The Morgan fingerprint density at radius 2 is 1.95 bits per heavy atom. The third kappa shape index (κ3) is 3.29. The van der Waals surface area contributed by atoms with Crippen LogP contribution in [0.1, 0.15) is 18.1 Å². The Kier molecular flexibility index (Phi) is 4.71. The lowest BCUT2D eigenvalue weighted by atomic mass is 10.1. The molecule has 2 aromatic carbocycles. The van der Waals surface area contributed by atoms with Crippen molar-refractivity contribution in [1.82, 2.24) is 5.32 Å². The number of nitrogens with one attached hydrogen (secondary N) is 1. The molecule has 0 aliphatic rings. The second-order valence-electron chi connectivity index (χ2n) is 5.15. The molecule has 1 heterocycles. The normalized spacial score (nSPS) is 12.5. The molecule has 0 aliphatic carbocycles. The van der Waals surface area contributed by atoms with Crippen LogP contribution in [0.15, 0.2) is 53.9 Å². The van der Waals surface area contributed by atoms with E-state index in [4.69, 9.17) is 4.74 Å². The lowest BCUT2D eigenvalue weighted by Gasteiger charge is -2.20. The average Bonchev–Trinajstić information content (AvgIpc) is 3.02. The van der Waals surface area contributed by atoms with Gasteiger partial charge in [0.05, 0.1) is 4.70 Å². The molecule has 0 fully saturated rings. The van der Waals surface area contributed by atoms with Crippen molar-refractivity contribution in [3.63, 3.8) is 0 Å². The van der Waals surface area contributed by atoms with Crippen molar-refractivity contribution < 1.29 is 9.13 Å². The van der Waals surface area contributed by atoms with Crippen molar-refractivity contribution in [2.75, 3.05) is 13.6 Å². The van der Waals surface area contributed by atoms with Gasteiger partial charge in [-0.2, -0.15) is 0 Å². The van der Waals surface area contributed by atoms with Crippen molar-refractivity contribution in [3.05, 3.63) is 65.3 Å². The molecule has 4 heteroatoms. The first kappa shape index (κ1) is 15.0. The van der Waals surface area contributed by atoms with Crippen LogP contribution in [0.2, 0.25) is 0 Å². The van der Waals surface area contributed by atoms with Crippen LogP contribution < -0.4 is 10.1 Å². The highest BCUT2D eigenvalue weighted by Crippen LogP contribution is 2.34. The molecule has 114 valence electrons. The molecule has 3 aromatic rings. The SMILES string of the molecule is CNCC[C@H](Oc1cccc2ccsc12)c1ccc(F)cc1. The van der Waals surface area contributed by atoms with Gasteiger partial charge in [-0.15, -0.1) is 11.3 Å². The number of hydrogen-bond donors (Lipinski definition) is 1. The summed E-state index contributed by atoms with van der Waals surface area (Å²) in [6.07, 6.45) is 0.727. The van der Waals surface area contributed by atoms with E-state index >= 15 is 0 Å². The molecule has 1 N–H and O–H groups in total. The lowest BCUT2D eigenvalue weighted by Crippen LogP contribution is -2.16. The molecule has 0 amide bonds. The number of benzene rings is 2. The van der Waals surface area contributed by atoms with Crippen molar-refractivity contribution in [1.29, 1.82) is 0 Å². The summed E-state index contributed by atoms with van der Waals surface area (Å²) >= 11 is 1.68. The van der Waals surface area contributed by atoms with Crippen LogP contribution in [-0.2, 0) is 0 Å². The Bertz CT molecular complexity index is 738. The fourth-order valence-corrected chi connectivity index (χ4v) is 3.31. The third-order valence-electron chi connectivity index (χ3n) is 3.61. The number of halogens is 1. The van der Waals surface area contributed by atoms with Crippen molar-refractivity contribution >= 4 is 21.4 Å². The van der Waals surface area contributed by atoms with E-state index in [9.17, 15) is 4.39 Å². The molecule has 3 rings (SSSR count). The summed E-state index contributed by atoms with van der Waals surface area (Å²) < 4.78 is 20.6. The first-order valence-electron chi connectivity index (χ1n) is 7.31. The van der Waals surface area contributed by atoms with Crippen LogP contribution in [0.5, 0.6) is 5.75 Å². The monoisotopic (exact) mass is 315 g/mol. The van der Waals surface area contributed by atoms with Crippen molar-refractivity contribution in [2.45, 2.75) is 12.5 Å². The maximum absolute atomic E-state index is 13.1. The minimum Gasteiger partial charge on any atom is -0.484 e. The second kappa shape index (κ2) is 6.90. The van der Waals surface area contributed by atoms with E-state index in [1.807, 2.05) is 19.2 Å². The van der Waals surface area contributed by atoms with Gasteiger partial charge >= 0.3 is 0 Å². The standard InChI is InChI=1S/C18H18FNOS/c1-20-11-9-16(13-5-7-15(19)8-6-13)21-17-4-2-3-14-10-12-22-18(14)17/h2-8,10,12,16,20H,9,11H2,1H3/t16-/m0/s1. The summed E-state index contributed by atoms with van der Waals surface area (Å²) in [7, 11) is 1.92. The molecule has 0 unspecified atom stereocenters. The van der Waals surface area contributed by atoms with Crippen LogP contribution in [0.4, 0.5) is 4.39 Å². The average molecular weight is 315 g/mol. The summed E-state index contributed by atoms with van der Waals surface area (Å²) in [5.74, 6) is 0.661. The highest BCUT2D eigenvalue weighted by atomic mass is 32.1. The first-order valence-corrected chi connectivity index (χ1v) is 8.19.